The van der Waals surface area contributed by atoms with Gasteiger partial charge in [-0.2, -0.15) is 0 Å². The van der Waals surface area contributed by atoms with Crippen molar-refractivity contribution in [3.8, 4) is 0 Å². The first kappa shape index (κ1) is 21.2. The molecule has 1 aliphatic heterocycles. The number of aryl methyl sites for hydroxylation is 1. The molecule has 0 saturated carbocycles. The van der Waals surface area contributed by atoms with E-state index in [1.165, 1.54) is 11.8 Å². The average molecular weight is 461 g/mol. The summed E-state index contributed by atoms with van der Waals surface area (Å²) in [6.07, 6.45) is 5.30. The van der Waals surface area contributed by atoms with Gasteiger partial charge in [0.25, 0.3) is 5.91 Å². The zero-order chi connectivity index (χ0) is 22.9. The maximum absolute atomic E-state index is 13.0. The van der Waals surface area contributed by atoms with Crippen molar-refractivity contribution in [2.45, 2.75) is 32.1 Å². The monoisotopic (exact) mass is 460 g/mol. The van der Waals surface area contributed by atoms with Gasteiger partial charge in [0.2, 0.25) is 11.8 Å². The van der Waals surface area contributed by atoms with Crippen LogP contribution in [0.5, 0.6) is 0 Å². The Morgan fingerprint density at radius 3 is 2.61 bits per heavy atom. The Labute approximate surface area is 195 Å². The number of halogens is 1. The van der Waals surface area contributed by atoms with Crippen LogP contribution in [-0.2, 0) is 22.4 Å². The van der Waals surface area contributed by atoms with E-state index in [0.717, 1.165) is 36.9 Å². The number of rotatable bonds is 3. The molecule has 1 aromatic heterocycles. The maximum atomic E-state index is 13.0. The highest BCUT2D eigenvalue weighted by molar-refractivity contribution is 6.34. The van der Waals surface area contributed by atoms with Crippen LogP contribution in [0, 0.1) is 0 Å². The number of nitrogens with one attached hydrogen (secondary N) is 2. The van der Waals surface area contributed by atoms with Gasteiger partial charge in [-0.25, -0.2) is 4.98 Å². The first-order valence-corrected chi connectivity index (χ1v) is 11.2. The number of pyridine rings is 1. The third-order valence-corrected chi connectivity index (χ3v) is 6.24. The van der Waals surface area contributed by atoms with Crippen molar-refractivity contribution in [1.29, 1.82) is 0 Å². The fraction of sp³-hybridized carbons (Fsp3) is 0.200. The Balaban J connectivity index is 1.47. The van der Waals surface area contributed by atoms with Crippen LogP contribution in [0.2, 0.25) is 5.02 Å². The summed E-state index contributed by atoms with van der Waals surface area (Å²) >= 11 is 6.05. The second kappa shape index (κ2) is 8.67. The molecule has 166 valence electrons. The molecule has 0 bridgehead atoms. The van der Waals surface area contributed by atoms with E-state index in [4.69, 9.17) is 11.6 Å². The topological polar surface area (TPSA) is 91.4 Å². The van der Waals surface area contributed by atoms with Crippen molar-refractivity contribution >= 4 is 52.1 Å². The van der Waals surface area contributed by atoms with E-state index in [9.17, 15) is 14.4 Å². The molecule has 2 N–H and O–H groups in total. The first-order chi connectivity index (χ1) is 16.0. The quantitative estimate of drug-likeness (QED) is 0.545. The molecular formula is C25H21ClN4O3. The summed E-state index contributed by atoms with van der Waals surface area (Å²) in [5.74, 6) is -1.04. The molecule has 2 heterocycles. The molecule has 1 aliphatic carbocycles. The summed E-state index contributed by atoms with van der Waals surface area (Å²) in [6.45, 7) is 0. The van der Waals surface area contributed by atoms with E-state index in [1.807, 2.05) is 6.07 Å². The Bertz CT molecular complexity index is 1270. The Morgan fingerprint density at radius 1 is 1.03 bits per heavy atom. The highest BCUT2D eigenvalue weighted by Crippen LogP contribution is 2.41. The van der Waals surface area contributed by atoms with Crippen molar-refractivity contribution in [3.05, 3.63) is 76.6 Å². The van der Waals surface area contributed by atoms with Gasteiger partial charge in [-0.1, -0.05) is 17.7 Å². The fourth-order valence-electron chi connectivity index (χ4n) is 4.40. The second-order valence-electron chi connectivity index (χ2n) is 8.09. The number of nitrogens with zero attached hydrogens (tertiary/aromatic N) is 2. The van der Waals surface area contributed by atoms with Gasteiger partial charge in [-0.15, -0.1) is 0 Å². The second-order valence-corrected chi connectivity index (χ2v) is 8.50. The molecule has 7 nitrogen and oxygen atoms in total. The van der Waals surface area contributed by atoms with Gasteiger partial charge in [-0.05, 0) is 79.3 Å². The van der Waals surface area contributed by atoms with Crippen molar-refractivity contribution in [2.75, 3.05) is 15.5 Å². The fourth-order valence-corrected chi connectivity index (χ4v) is 4.60. The zero-order valence-electron chi connectivity index (χ0n) is 17.7. The van der Waals surface area contributed by atoms with Gasteiger partial charge in [0.05, 0.1) is 16.4 Å². The molecule has 33 heavy (non-hydrogen) atoms. The van der Waals surface area contributed by atoms with Crippen LogP contribution >= 0.6 is 11.6 Å². The zero-order valence-corrected chi connectivity index (χ0v) is 18.5. The summed E-state index contributed by atoms with van der Waals surface area (Å²) in [5, 5.41) is 5.99. The number of carbonyl (C=O) groups excluding carboxylic acids is 3. The normalized spacial score (nSPS) is 15.2. The molecule has 3 amide bonds. The maximum Gasteiger partial charge on any atom is 0.275 e. The van der Waals surface area contributed by atoms with Crippen LogP contribution in [0.15, 0.2) is 54.7 Å². The van der Waals surface area contributed by atoms with Gasteiger partial charge >= 0.3 is 0 Å². The van der Waals surface area contributed by atoms with Gasteiger partial charge in [-0.3, -0.25) is 19.3 Å². The number of aromatic nitrogens is 1. The standard InChI is InChI=1S/C25H21ClN4O3/c26-19-6-3-13-27-24(19)25(33)28-16-8-10-17(11-9-16)30-20-12-7-15-4-1-2-5-18(15)23(20)29-21(31)14-22(30)32/h3,6-13H,1-2,4-5,14H2,(H,28,33)(H,29,31). The number of anilines is 4. The summed E-state index contributed by atoms with van der Waals surface area (Å²) in [4.78, 5) is 43.5. The highest BCUT2D eigenvalue weighted by Gasteiger charge is 2.30. The van der Waals surface area contributed by atoms with Crippen LogP contribution in [0.25, 0.3) is 0 Å². The third kappa shape index (κ3) is 4.07. The minimum atomic E-state index is -0.425. The Morgan fingerprint density at radius 2 is 1.82 bits per heavy atom. The van der Waals surface area contributed by atoms with Crippen LogP contribution in [0.3, 0.4) is 0 Å². The molecule has 0 radical (unpaired) electrons. The predicted molar refractivity (Wildman–Crippen MR) is 127 cm³/mol. The lowest BCUT2D eigenvalue weighted by Crippen LogP contribution is -2.26. The highest BCUT2D eigenvalue weighted by atomic mass is 35.5. The number of hydrogen-bond acceptors (Lipinski definition) is 4. The number of carbonyl (C=O) groups is 3. The molecular weight excluding hydrogens is 440 g/mol. The van der Waals surface area contributed by atoms with Gasteiger partial charge in [0.15, 0.2) is 0 Å². The predicted octanol–water partition coefficient (Wildman–Crippen LogP) is 4.87. The molecule has 8 heteroatoms. The van der Waals surface area contributed by atoms with Gasteiger partial charge in [0, 0.05) is 17.6 Å². The Kier molecular flexibility index (Phi) is 5.56. The summed E-state index contributed by atoms with van der Waals surface area (Å²) in [5.41, 5.74) is 5.02. The van der Waals surface area contributed by atoms with Crippen molar-refractivity contribution in [3.63, 3.8) is 0 Å². The molecule has 0 fully saturated rings. The molecule has 0 saturated heterocycles. The van der Waals surface area contributed by atoms with E-state index < -0.39 is 5.91 Å². The van der Waals surface area contributed by atoms with Crippen molar-refractivity contribution in [1.82, 2.24) is 4.98 Å². The largest absolute Gasteiger partial charge is 0.324 e. The van der Waals surface area contributed by atoms with E-state index in [1.54, 1.807) is 41.3 Å². The van der Waals surface area contributed by atoms with E-state index in [2.05, 4.69) is 21.7 Å². The number of hydrogen-bond donors (Lipinski definition) is 2. The summed E-state index contributed by atoms with van der Waals surface area (Å²) < 4.78 is 0. The van der Waals surface area contributed by atoms with Crippen LogP contribution < -0.4 is 15.5 Å². The minimum absolute atomic E-state index is 0.134. The lowest BCUT2D eigenvalue weighted by atomic mass is 9.89. The molecule has 2 aliphatic rings. The molecule has 0 atom stereocenters. The van der Waals surface area contributed by atoms with Crippen molar-refractivity contribution < 1.29 is 14.4 Å². The SMILES string of the molecule is O=C1CC(=O)N(c2ccc(NC(=O)c3ncccc3Cl)cc2)c2ccc3c(c2N1)CCCC3. The van der Waals surface area contributed by atoms with Gasteiger partial charge < -0.3 is 10.6 Å². The molecule has 5 rings (SSSR count). The number of benzene rings is 2. The third-order valence-electron chi connectivity index (χ3n) is 5.93. The van der Waals surface area contributed by atoms with E-state index in [-0.39, 0.29) is 29.0 Å². The average Bonchev–Trinajstić information content (AvgIpc) is 2.94. The summed E-state index contributed by atoms with van der Waals surface area (Å²) in [6, 6.07) is 14.1. The minimum Gasteiger partial charge on any atom is -0.324 e. The molecule has 0 spiro atoms. The molecule has 0 unspecified atom stereocenters. The van der Waals surface area contributed by atoms with Crippen molar-refractivity contribution in [2.24, 2.45) is 0 Å². The Hall–Kier alpha value is -3.71. The molecule has 2 aromatic carbocycles. The van der Waals surface area contributed by atoms with Gasteiger partial charge in [0.1, 0.15) is 12.1 Å². The van der Waals surface area contributed by atoms with E-state index in [0.29, 0.717) is 17.1 Å². The van der Waals surface area contributed by atoms with Crippen LogP contribution in [0.1, 0.15) is 40.9 Å². The molecule has 3 aromatic rings. The van der Waals surface area contributed by atoms with Crippen LogP contribution in [0.4, 0.5) is 22.7 Å². The summed E-state index contributed by atoms with van der Waals surface area (Å²) in [7, 11) is 0. The number of fused-ring (bicyclic) bond motifs is 3. The van der Waals surface area contributed by atoms with Crippen LogP contribution in [-0.4, -0.2) is 22.7 Å². The van der Waals surface area contributed by atoms with E-state index >= 15 is 0 Å². The lowest BCUT2D eigenvalue weighted by Gasteiger charge is -2.26. The smallest absolute Gasteiger partial charge is 0.275 e. The first-order valence-electron chi connectivity index (χ1n) is 10.8. The number of amides is 3. The lowest BCUT2D eigenvalue weighted by molar-refractivity contribution is -0.124.